The number of carboxylic acids is 1. The van der Waals surface area contributed by atoms with Crippen LogP contribution in [0.1, 0.15) is 95.4 Å². The predicted octanol–water partition coefficient (Wildman–Crippen LogP) is 2.41. The summed E-state index contributed by atoms with van der Waals surface area (Å²) in [6, 6.07) is 0. The summed E-state index contributed by atoms with van der Waals surface area (Å²) in [6.07, 6.45) is 4.28. The number of carbonyl (C=O) groups is 6. The average Bonchev–Trinajstić information content (AvgIpc) is 3.90. The third kappa shape index (κ3) is 15.6. The first-order valence-corrected chi connectivity index (χ1v) is 17.2. The van der Waals surface area contributed by atoms with Crippen LogP contribution in [0.5, 0.6) is 0 Å². The van der Waals surface area contributed by atoms with Crippen molar-refractivity contribution in [3.05, 3.63) is 38.0 Å². The van der Waals surface area contributed by atoms with E-state index in [9.17, 15) is 28.8 Å². The van der Waals surface area contributed by atoms with Gasteiger partial charge in [-0.25, -0.2) is 28.8 Å². The van der Waals surface area contributed by atoms with Crippen molar-refractivity contribution in [2.45, 2.75) is 129 Å². The van der Waals surface area contributed by atoms with Crippen molar-refractivity contribution in [2.75, 3.05) is 13.2 Å². The third-order valence-corrected chi connectivity index (χ3v) is 7.73. The number of aliphatic carboxylic acids is 1. The summed E-state index contributed by atoms with van der Waals surface area (Å²) in [7, 11) is 0. The Hall–Kier alpha value is -3.60. The number of carbonyl (C=O) groups excluding carboxylic acids is 5. The van der Waals surface area contributed by atoms with Gasteiger partial charge in [0.15, 0.2) is 0 Å². The first kappa shape index (κ1) is 52.5. The topological polar surface area (TPSA) is 235 Å². The molecule has 0 saturated heterocycles. The summed E-state index contributed by atoms with van der Waals surface area (Å²) in [5.74, 6) is -2.32. The Morgan fingerprint density at radius 3 is 1.02 bits per heavy atom. The minimum absolute atomic E-state index is 0. The molecule has 4 unspecified atom stereocenters. The number of rotatable bonds is 11. The van der Waals surface area contributed by atoms with E-state index in [1.165, 1.54) is 6.08 Å². The van der Waals surface area contributed by atoms with Crippen LogP contribution in [0.25, 0.3) is 0 Å². The standard InChI is InChI=1S/2C13H21NO4.C11H17NO4.Na.H2O/c2*1-6-9-8-13(9,10(15)17-7-2)14-11(16)18-12(3,4)5;1-5-7-6-11(7,8(13)14)12-9(15)16-10(2,3)4;;/h2*6,9H,1,7-8H2,2-5H3,(H,14,16);5,7H,1,6H2,2-4H3,(H,12,15)(H,13,14);;1H2/q;;;+1;/p-1/t9?,13-;;7?,11-;;/m1.0../s1. The van der Waals surface area contributed by atoms with E-state index in [0.29, 0.717) is 19.3 Å². The second kappa shape index (κ2) is 20.4. The van der Waals surface area contributed by atoms with E-state index in [0.717, 1.165) is 0 Å². The maximum atomic E-state index is 11.9. The van der Waals surface area contributed by atoms with Crippen LogP contribution in [-0.2, 0) is 38.1 Å². The van der Waals surface area contributed by atoms with E-state index in [1.807, 2.05) is 0 Å². The van der Waals surface area contributed by atoms with Crippen molar-refractivity contribution >= 4 is 36.2 Å². The van der Waals surface area contributed by atoms with Gasteiger partial charge in [0.05, 0.1) is 13.2 Å². The predicted molar refractivity (Wildman–Crippen MR) is 194 cm³/mol. The minimum Gasteiger partial charge on any atom is -0.870 e. The average molecular weight is 778 g/mol. The first-order chi connectivity index (χ1) is 23.7. The molecule has 3 fully saturated rings. The van der Waals surface area contributed by atoms with Crippen LogP contribution >= 0.6 is 0 Å². The molecule has 3 aliphatic carbocycles. The Labute approximate surface area is 341 Å². The maximum absolute atomic E-state index is 11.9. The fourth-order valence-corrected chi connectivity index (χ4v) is 5.00. The van der Waals surface area contributed by atoms with E-state index < -0.39 is 69.6 Å². The Kier molecular flexibility index (Phi) is 19.8. The number of ether oxygens (including phenoxy) is 5. The van der Waals surface area contributed by atoms with Gasteiger partial charge >= 0.3 is 65.7 Å². The molecule has 0 aromatic rings. The molecule has 3 rings (SSSR count). The number of nitrogens with one attached hydrogen (secondary N) is 3. The van der Waals surface area contributed by atoms with Gasteiger partial charge in [0, 0.05) is 17.8 Å². The zero-order chi connectivity index (χ0) is 40.5. The molecule has 3 amide bonds. The number of hydrogen-bond acceptors (Lipinski definition) is 12. The second-order valence-electron chi connectivity index (χ2n) is 15.7. The van der Waals surface area contributed by atoms with E-state index >= 15 is 0 Å². The molecule has 3 aliphatic rings. The normalized spacial score (nSPS) is 25.7. The van der Waals surface area contributed by atoms with Gasteiger partial charge < -0.3 is 50.2 Å². The van der Waals surface area contributed by atoms with Crippen LogP contribution in [-0.4, -0.2) is 93.4 Å². The molecule has 17 heteroatoms. The van der Waals surface area contributed by atoms with Crippen molar-refractivity contribution < 1.29 is 92.6 Å². The van der Waals surface area contributed by atoms with Crippen LogP contribution in [0.2, 0.25) is 0 Å². The first-order valence-electron chi connectivity index (χ1n) is 17.2. The number of carboxylic acid groups (broad SMARTS) is 1. The minimum atomic E-state index is -1.22. The van der Waals surface area contributed by atoms with Crippen molar-refractivity contribution in [2.24, 2.45) is 17.8 Å². The summed E-state index contributed by atoms with van der Waals surface area (Å²) in [5.41, 5.74) is -5.02. The second-order valence-corrected chi connectivity index (χ2v) is 15.7. The van der Waals surface area contributed by atoms with Crippen molar-refractivity contribution in [1.29, 1.82) is 0 Å². The Morgan fingerprint density at radius 2 is 0.833 bits per heavy atom. The van der Waals surface area contributed by atoms with Gasteiger partial charge in [0.25, 0.3) is 0 Å². The summed E-state index contributed by atoms with van der Waals surface area (Å²) in [4.78, 5) is 69.6. The zero-order valence-electron chi connectivity index (χ0n) is 34.0. The summed E-state index contributed by atoms with van der Waals surface area (Å²) >= 11 is 0. The van der Waals surface area contributed by atoms with Crippen LogP contribution in [0, 0.1) is 17.8 Å². The SMILES string of the molecule is C=CC1CC1(NC(=O)OC(C)(C)C)C(=O)OCC.C=CC1C[C@@]1(NC(=O)OC(C)(C)C)C(=O)O.C=CC1C[C@]1(NC(=O)OC(C)(C)C)C(=O)OCC.[Na+].[OH-]. The molecular formula is C37H60N3NaO13. The summed E-state index contributed by atoms with van der Waals surface area (Å²) < 4.78 is 25.2. The summed E-state index contributed by atoms with van der Waals surface area (Å²) in [5, 5.41) is 16.6. The van der Waals surface area contributed by atoms with Gasteiger partial charge in [-0.15, -0.1) is 19.7 Å². The molecule has 54 heavy (non-hydrogen) atoms. The molecule has 0 aromatic carbocycles. The number of esters is 2. The fraction of sp³-hybridized carbons (Fsp3) is 0.676. The number of hydrogen-bond donors (Lipinski definition) is 4. The Morgan fingerprint density at radius 1 is 0.593 bits per heavy atom. The van der Waals surface area contributed by atoms with Crippen LogP contribution in [0.4, 0.5) is 14.4 Å². The zero-order valence-corrected chi connectivity index (χ0v) is 36.0. The maximum Gasteiger partial charge on any atom is 1.00 e. The van der Waals surface area contributed by atoms with Crippen LogP contribution in [0.15, 0.2) is 38.0 Å². The monoisotopic (exact) mass is 777 g/mol. The largest absolute Gasteiger partial charge is 1.00 e. The molecule has 302 valence electrons. The van der Waals surface area contributed by atoms with E-state index in [-0.39, 0.29) is 66.0 Å². The molecule has 16 nitrogen and oxygen atoms in total. The van der Waals surface area contributed by atoms with Crippen molar-refractivity contribution in [1.82, 2.24) is 16.0 Å². The quantitative estimate of drug-likeness (QED) is 0.102. The molecule has 3 saturated carbocycles. The molecule has 0 heterocycles. The molecule has 5 N–H and O–H groups in total. The van der Waals surface area contributed by atoms with Crippen LogP contribution in [0.3, 0.4) is 0 Å². The van der Waals surface area contributed by atoms with Gasteiger partial charge in [0.2, 0.25) is 0 Å². The molecule has 0 bridgehead atoms. The van der Waals surface area contributed by atoms with E-state index in [2.05, 4.69) is 35.7 Å². The van der Waals surface area contributed by atoms with E-state index in [1.54, 1.807) is 88.3 Å². The van der Waals surface area contributed by atoms with Gasteiger partial charge in [-0.2, -0.15) is 0 Å². The van der Waals surface area contributed by atoms with Crippen molar-refractivity contribution in [3.63, 3.8) is 0 Å². The van der Waals surface area contributed by atoms with Gasteiger partial charge in [-0.3, -0.25) is 0 Å². The van der Waals surface area contributed by atoms with Gasteiger partial charge in [0.1, 0.15) is 33.4 Å². The number of amides is 3. The third-order valence-electron chi connectivity index (χ3n) is 7.73. The van der Waals surface area contributed by atoms with Crippen molar-refractivity contribution in [3.8, 4) is 0 Å². The fourth-order valence-electron chi connectivity index (χ4n) is 5.00. The van der Waals surface area contributed by atoms with E-state index in [4.69, 9.17) is 28.8 Å². The smallest absolute Gasteiger partial charge is 0.870 e. The van der Waals surface area contributed by atoms with Crippen LogP contribution < -0.4 is 45.5 Å². The molecule has 0 aliphatic heterocycles. The molecule has 0 aromatic heterocycles. The van der Waals surface area contributed by atoms with Gasteiger partial charge in [-0.05, 0) is 95.4 Å². The Bertz CT molecular complexity index is 1310. The molecule has 0 spiro atoms. The molecular weight excluding hydrogens is 717 g/mol. The number of alkyl carbamates (subject to hydrolysis) is 3. The summed E-state index contributed by atoms with van der Waals surface area (Å²) in [6.45, 7) is 30.6. The van der Waals surface area contributed by atoms with Gasteiger partial charge in [-0.1, -0.05) is 18.2 Å². The Balaban J connectivity index is 0. The molecule has 0 radical (unpaired) electrons. The molecule has 6 atom stereocenters.